The second-order valence-corrected chi connectivity index (χ2v) is 9.62. The summed E-state index contributed by atoms with van der Waals surface area (Å²) in [5.41, 5.74) is 6.38. The van der Waals surface area contributed by atoms with Crippen LogP contribution in [0.3, 0.4) is 0 Å². The number of fused-ring (bicyclic) bond motifs is 2. The summed E-state index contributed by atoms with van der Waals surface area (Å²) in [6, 6.07) is 12.3. The number of aliphatic hydroxyl groups excluding tert-OH is 1. The summed E-state index contributed by atoms with van der Waals surface area (Å²) in [4.78, 5) is 17.3. The first-order chi connectivity index (χ1) is 16.0. The Morgan fingerprint density at radius 2 is 1.88 bits per heavy atom. The molecule has 3 heterocycles. The van der Waals surface area contributed by atoms with Crippen molar-refractivity contribution in [3.63, 3.8) is 0 Å². The van der Waals surface area contributed by atoms with E-state index in [4.69, 9.17) is 11.6 Å². The molecule has 6 nitrogen and oxygen atoms in total. The number of benzene rings is 2. The van der Waals surface area contributed by atoms with Gasteiger partial charge in [0.05, 0.1) is 12.3 Å². The van der Waals surface area contributed by atoms with Crippen molar-refractivity contribution < 1.29 is 9.90 Å². The zero-order valence-corrected chi connectivity index (χ0v) is 19.6. The number of hydrogen-bond donors (Lipinski definition) is 1. The molecule has 2 aromatic carbocycles. The van der Waals surface area contributed by atoms with Crippen LogP contribution in [0.4, 0.5) is 0 Å². The van der Waals surface area contributed by atoms with Gasteiger partial charge in [-0.25, -0.2) is 0 Å². The van der Waals surface area contributed by atoms with Crippen LogP contribution in [0.1, 0.15) is 38.2 Å². The SMILES string of the molecule is Cn1cc(Cc2cc3c(cc2Cl)CCN(CC(O)CN2CCc4ccccc4C2)C3=O)cn1. The van der Waals surface area contributed by atoms with Crippen LogP contribution in [0.15, 0.2) is 48.8 Å². The van der Waals surface area contributed by atoms with Crippen LogP contribution >= 0.6 is 11.6 Å². The second kappa shape index (κ2) is 9.29. The lowest BCUT2D eigenvalue weighted by Gasteiger charge is -2.34. The van der Waals surface area contributed by atoms with Gasteiger partial charge in [-0.2, -0.15) is 5.10 Å². The molecule has 0 saturated heterocycles. The van der Waals surface area contributed by atoms with E-state index in [2.05, 4.69) is 34.3 Å². The van der Waals surface area contributed by atoms with Gasteiger partial charge >= 0.3 is 0 Å². The van der Waals surface area contributed by atoms with Gasteiger partial charge in [0.15, 0.2) is 0 Å². The van der Waals surface area contributed by atoms with E-state index in [0.29, 0.717) is 36.6 Å². The Balaban J connectivity index is 1.24. The van der Waals surface area contributed by atoms with Crippen molar-refractivity contribution in [2.24, 2.45) is 7.05 Å². The van der Waals surface area contributed by atoms with E-state index in [1.165, 1.54) is 11.1 Å². The Bertz CT molecular complexity index is 1170. The van der Waals surface area contributed by atoms with Crippen molar-refractivity contribution in [3.8, 4) is 0 Å². The predicted octanol–water partition coefficient (Wildman–Crippen LogP) is 3.08. The van der Waals surface area contributed by atoms with Crippen LogP contribution in [-0.4, -0.2) is 62.9 Å². The molecular formula is C26H29ClN4O2. The van der Waals surface area contributed by atoms with Gasteiger partial charge < -0.3 is 10.0 Å². The summed E-state index contributed by atoms with van der Waals surface area (Å²) in [5, 5.41) is 15.7. The molecule has 5 rings (SSSR count). The minimum atomic E-state index is -0.581. The Hall–Kier alpha value is -2.67. The zero-order valence-electron chi connectivity index (χ0n) is 18.9. The van der Waals surface area contributed by atoms with Crippen LogP contribution in [-0.2, 0) is 32.9 Å². The van der Waals surface area contributed by atoms with E-state index >= 15 is 0 Å². The molecule has 0 saturated carbocycles. The number of aryl methyl sites for hydroxylation is 1. The normalized spacial score (nSPS) is 17.1. The first-order valence-corrected chi connectivity index (χ1v) is 11.9. The van der Waals surface area contributed by atoms with E-state index < -0.39 is 6.10 Å². The summed E-state index contributed by atoms with van der Waals surface area (Å²) in [5.74, 6) is -0.0246. The highest BCUT2D eigenvalue weighted by molar-refractivity contribution is 6.31. The number of carbonyl (C=O) groups is 1. The van der Waals surface area contributed by atoms with E-state index in [9.17, 15) is 9.90 Å². The Kier molecular flexibility index (Phi) is 6.23. The Labute approximate surface area is 199 Å². The molecular weight excluding hydrogens is 436 g/mol. The van der Waals surface area contributed by atoms with Crippen LogP contribution in [0.25, 0.3) is 0 Å². The maximum absolute atomic E-state index is 13.3. The topological polar surface area (TPSA) is 61.6 Å². The predicted molar refractivity (Wildman–Crippen MR) is 129 cm³/mol. The highest BCUT2D eigenvalue weighted by Gasteiger charge is 2.28. The number of carbonyl (C=O) groups excluding carboxylic acids is 1. The van der Waals surface area contributed by atoms with Gasteiger partial charge in [-0.3, -0.25) is 14.4 Å². The first-order valence-electron chi connectivity index (χ1n) is 11.5. The number of nitrogens with zero attached hydrogens (tertiary/aromatic N) is 4. The van der Waals surface area contributed by atoms with Gasteiger partial charge in [-0.15, -0.1) is 0 Å². The van der Waals surface area contributed by atoms with Crippen molar-refractivity contribution in [2.75, 3.05) is 26.2 Å². The standard InChI is InChI=1S/C26H29ClN4O2/c1-29-14-18(13-28-29)10-22-11-24-20(12-25(22)27)7-9-31(26(24)33)17-23(32)16-30-8-6-19-4-2-3-5-21(19)15-30/h2-5,11-14,23,32H,6-10,15-17H2,1H3. The lowest BCUT2D eigenvalue weighted by Crippen LogP contribution is -2.46. The molecule has 2 aliphatic rings. The van der Waals surface area contributed by atoms with Gasteiger partial charge in [-0.1, -0.05) is 35.9 Å². The fraction of sp³-hybridized carbons (Fsp3) is 0.385. The highest BCUT2D eigenvalue weighted by atomic mass is 35.5. The fourth-order valence-corrected chi connectivity index (χ4v) is 5.26. The molecule has 33 heavy (non-hydrogen) atoms. The summed E-state index contributed by atoms with van der Waals surface area (Å²) in [6.07, 6.45) is 5.57. The Morgan fingerprint density at radius 1 is 1.09 bits per heavy atom. The Morgan fingerprint density at radius 3 is 2.67 bits per heavy atom. The number of hydrogen-bond acceptors (Lipinski definition) is 4. The van der Waals surface area contributed by atoms with Crippen LogP contribution < -0.4 is 0 Å². The number of amides is 1. The molecule has 0 radical (unpaired) electrons. The minimum absolute atomic E-state index is 0.0246. The molecule has 0 spiro atoms. The summed E-state index contributed by atoms with van der Waals surface area (Å²) in [7, 11) is 1.88. The van der Waals surface area contributed by atoms with Crippen molar-refractivity contribution >= 4 is 17.5 Å². The second-order valence-electron chi connectivity index (χ2n) is 9.21. The fourth-order valence-electron chi connectivity index (χ4n) is 5.01. The van der Waals surface area contributed by atoms with E-state index in [1.54, 1.807) is 9.58 Å². The van der Waals surface area contributed by atoms with Crippen molar-refractivity contribution in [2.45, 2.75) is 31.9 Å². The van der Waals surface area contributed by atoms with Crippen LogP contribution in [0.2, 0.25) is 5.02 Å². The van der Waals surface area contributed by atoms with E-state index in [1.807, 2.05) is 31.6 Å². The molecule has 0 fully saturated rings. The molecule has 1 aromatic heterocycles. The summed E-state index contributed by atoms with van der Waals surface area (Å²) >= 11 is 6.53. The van der Waals surface area contributed by atoms with Crippen molar-refractivity contribution in [3.05, 3.63) is 87.2 Å². The number of rotatable bonds is 6. The first kappa shape index (κ1) is 22.1. The van der Waals surface area contributed by atoms with E-state index in [0.717, 1.165) is 42.6 Å². The third-order valence-electron chi connectivity index (χ3n) is 6.70. The lowest BCUT2D eigenvalue weighted by atomic mass is 9.94. The van der Waals surface area contributed by atoms with Gasteiger partial charge in [0.2, 0.25) is 0 Å². The molecule has 2 aliphatic heterocycles. The zero-order chi connectivity index (χ0) is 22.9. The monoisotopic (exact) mass is 464 g/mol. The smallest absolute Gasteiger partial charge is 0.254 e. The lowest BCUT2D eigenvalue weighted by molar-refractivity contribution is 0.0492. The molecule has 1 amide bonds. The van der Waals surface area contributed by atoms with Crippen molar-refractivity contribution in [1.29, 1.82) is 0 Å². The quantitative estimate of drug-likeness (QED) is 0.609. The summed E-state index contributed by atoms with van der Waals surface area (Å²) in [6.45, 7) is 3.29. The molecule has 3 aromatic rings. The molecule has 1 unspecified atom stereocenters. The maximum Gasteiger partial charge on any atom is 0.254 e. The van der Waals surface area contributed by atoms with Crippen LogP contribution in [0, 0.1) is 0 Å². The largest absolute Gasteiger partial charge is 0.390 e. The molecule has 1 N–H and O–H groups in total. The molecule has 7 heteroatoms. The van der Waals surface area contributed by atoms with Crippen LogP contribution in [0.5, 0.6) is 0 Å². The third kappa shape index (κ3) is 4.83. The average molecular weight is 465 g/mol. The highest BCUT2D eigenvalue weighted by Crippen LogP contribution is 2.28. The number of aromatic nitrogens is 2. The molecule has 1 atom stereocenters. The number of β-amino-alcohol motifs (C(OH)–C–C–N with tert-alkyl or cyclic N) is 1. The van der Waals surface area contributed by atoms with E-state index in [-0.39, 0.29) is 5.91 Å². The maximum atomic E-state index is 13.3. The number of aliphatic hydroxyl groups is 1. The van der Waals surface area contributed by atoms with Gasteiger partial charge in [0.25, 0.3) is 5.91 Å². The molecule has 0 bridgehead atoms. The molecule has 0 aliphatic carbocycles. The third-order valence-corrected chi connectivity index (χ3v) is 7.06. The van der Waals surface area contributed by atoms with Crippen molar-refractivity contribution in [1.82, 2.24) is 19.6 Å². The van der Waals surface area contributed by atoms with Gasteiger partial charge in [-0.05, 0) is 52.8 Å². The van der Waals surface area contributed by atoms with Gasteiger partial charge in [0.1, 0.15) is 0 Å². The average Bonchev–Trinajstić information content (AvgIpc) is 3.21. The summed E-state index contributed by atoms with van der Waals surface area (Å²) < 4.78 is 1.76. The van der Waals surface area contributed by atoms with Gasteiger partial charge in [0, 0.05) is 63.0 Å². The molecule has 172 valence electrons. The minimum Gasteiger partial charge on any atom is -0.390 e. The number of halogens is 1.